The molecule has 9 nitrogen and oxygen atoms in total. The van der Waals surface area contributed by atoms with Gasteiger partial charge in [-0.05, 0) is 18.6 Å². The summed E-state index contributed by atoms with van der Waals surface area (Å²) in [4.78, 5) is 38.6. The van der Waals surface area contributed by atoms with Crippen LogP contribution in [0.3, 0.4) is 0 Å². The summed E-state index contributed by atoms with van der Waals surface area (Å²) in [5.41, 5.74) is 1.25. The summed E-state index contributed by atoms with van der Waals surface area (Å²) in [6, 6.07) is 8.68. The number of aromatic amines is 1. The van der Waals surface area contributed by atoms with E-state index in [1.54, 1.807) is 6.07 Å². The van der Waals surface area contributed by atoms with E-state index in [0.717, 1.165) is 10.9 Å². The Morgan fingerprint density at radius 1 is 1.07 bits per heavy atom. The molecule has 0 unspecified atom stereocenters. The topological polar surface area (TPSA) is 137 Å². The molecule has 1 aliphatic heterocycles. The van der Waals surface area contributed by atoms with Crippen LogP contribution in [0.25, 0.3) is 10.9 Å². The van der Waals surface area contributed by atoms with Crippen LogP contribution in [-0.4, -0.2) is 61.8 Å². The number of hydrogen-bond acceptors (Lipinski definition) is 5. The van der Waals surface area contributed by atoms with Crippen LogP contribution in [0.2, 0.25) is 0 Å². The third kappa shape index (κ3) is 4.85. The summed E-state index contributed by atoms with van der Waals surface area (Å²) in [7, 11) is -3.13. The largest absolute Gasteiger partial charge is 0.351 e. The molecule has 0 spiro atoms. The van der Waals surface area contributed by atoms with E-state index in [0.29, 0.717) is 12.1 Å². The second-order valence-corrected chi connectivity index (χ2v) is 8.58. The number of fused-ring (bicyclic) bond motifs is 1. The third-order valence-electron chi connectivity index (χ3n) is 4.24. The van der Waals surface area contributed by atoms with E-state index in [4.69, 9.17) is 0 Å². The van der Waals surface area contributed by atoms with Crippen LogP contribution in [-0.2, 0) is 19.4 Å². The van der Waals surface area contributed by atoms with Gasteiger partial charge in [0.1, 0.15) is 5.69 Å². The molecule has 1 saturated heterocycles. The first kappa shape index (κ1) is 18.9. The predicted molar refractivity (Wildman–Crippen MR) is 98.8 cm³/mol. The molecular weight excluding hydrogens is 372 g/mol. The standard InChI is InChI=1S/C17H20N4O5S/c22-15(14-9-11-3-1-2-4-13(11)21-14)18-6-7-19-16(23)17(24)20-12-5-8-27(25,26)10-12/h1-4,9,12,21H,5-8,10H2,(H,18,22)(H,19,23)(H,20,24)/t12-/m0/s1. The Balaban J connectivity index is 1.39. The molecular formula is C17H20N4O5S. The highest BCUT2D eigenvalue weighted by molar-refractivity contribution is 7.91. The maximum absolute atomic E-state index is 12.1. The second kappa shape index (κ2) is 7.78. The number of para-hydroxylation sites is 1. The summed E-state index contributed by atoms with van der Waals surface area (Å²) in [5, 5.41) is 8.35. The van der Waals surface area contributed by atoms with Crippen LogP contribution >= 0.6 is 0 Å². The summed E-state index contributed by atoms with van der Waals surface area (Å²) in [6.45, 7) is 0.214. The zero-order chi connectivity index (χ0) is 19.4. The predicted octanol–water partition coefficient (Wildman–Crippen LogP) is -0.683. The van der Waals surface area contributed by atoms with Gasteiger partial charge in [-0.1, -0.05) is 18.2 Å². The molecule has 1 aromatic carbocycles. The fourth-order valence-electron chi connectivity index (χ4n) is 2.88. The van der Waals surface area contributed by atoms with Crippen LogP contribution in [0.4, 0.5) is 0 Å². The molecule has 4 N–H and O–H groups in total. The van der Waals surface area contributed by atoms with Crippen molar-refractivity contribution in [2.24, 2.45) is 0 Å². The molecule has 0 aliphatic carbocycles. The zero-order valence-electron chi connectivity index (χ0n) is 14.4. The lowest BCUT2D eigenvalue weighted by molar-refractivity contribution is -0.139. The quantitative estimate of drug-likeness (QED) is 0.395. The van der Waals surface area contributed by atoms with Gasteiger partial charge in [-0.15, -0.1) is 0 Å². The van der Waals surface area contributed by atoms with Crippen LogP contribution < -0.4 is 16.0 Å². The zero-order valence-corrected chi connectivity index (χ0v) is 15.3. The number of rotatable bonds is 5. The van der Waals surface area contributed by atoms with Gasteiger partial charge in [0.15, 0.2) is 9.84 Å². The molecule has 144 valence electrons. The average molecular weight is 392 g/mol. The number of benzene rings is 1. The Hall–Kier alpha value is -2.88. The van der Waals surface area contributed by atoms with Gasteiger partial charge in [-0.3, -0.25) is 14.4 Å². The van der Waals surface area contributed by atoms with Crippen LogP contribution in [0.1, 0.15) is 16.9 Å². The van der Waals surface area contributed by atoms with Crippen molar-refractivity contribution in [2.75, 3.05) is 24.6 Å². The Morgan fingerprint density at radius 2 is 1.81 bits per heavy atom. The number of nitrogens with one attached hydrogen (secondary N) is 4. The minimum absolute atomic E-state index is 0.0132. The number of H-pyrrole nitrogens is 1. The van der Waals surface area contributed by atoms with Crippen molar-refractivity contribution in [2.45, 2.75) is 12.5 Å². The van der Waals surface area contributed by atoms with Crippen molar-refractivity contribution in [3.05, 3.63) is 36.0 Å². The van der Waals surface area contributed by atoms with Gasteiger partial charge in [-0.25, -0.2) is 8.42 Å². The molecule has 1 aliphatic rings. The molecule has 2 heterocycles. The van der Waals surface area contributed by atoms with E-state index < -0.39 is 27.7 Å². The number of sulfone groups is 1. The molecule has 27 heavy (non-hydrogen) atoms. The van der Waals surface area contributed by atoms with Crippen molar-refractivity contribution in [1.29, 1.82) is 0 Å². The monoisotopic (exact) mass is 392 g/mol. The molecule has 0 bridgehead atoms. The van der Waals surface area contributed by atoms with Crippen LogP contribution in [0.5, 0.6) is 0 Å². The second-order valence-electron chi connectivity index (χ2n) is 6.36. The number of carbonyl (C=O) groups is 3. The molecule has 0 radical (unpaired) electrons. The SMILES string of the molecule is O=C(NCCNC(=O)c1cc2ccccc2[nH]1)C(=O)N[C@H]1CCS(=O)(=O)C1. The summed E-state index contributed by atoms with van der Waals surface area (Å²) < 4.78 is 22.7. The molecule has 1 fully saturated rings. The van der Waals surface area contributed by atoms with Crippen LogP contribution in [0.15, 0.2) is 30.3 Å². The van der Waals surface area contributed by atoms with Crippen molar-refractivity contribution >= 4 is 38.5 Å². The number of hydrogen-bond donors (Lipinski definition) is 4. The van der Waals surface area contributed by atoms with Gasteiger partial charge in [0, 0.05) is 30.0 Å². The highest BCUT2D eigenvalue weighted by atomic mass is 32.2. The Bertz CT molecular complexity index is 949. The van der Waals surface area contributed by atoms with E-state index in [9.17, 15) is 22.8 Å². The maximum Gasteiger partial charge on any atom is 0.309 e. The normalized spacial score (nSPS) is 18.1. The summed E-state index contributed by atoms with van der Waals surface area (Å²) in [5.74, 6) is -2.19. The van der Waals surface area contributed by atoms with E-state index in [1.165, 1.54) is 0 Å². The van der Waals surface area contributed by atoms with Crippen LogP contribution in [0, 0.1) is 0 Å². The van der Waals surface area contributed by atoms with Crippen molar-refractivity contribution in [3.8, 4) is 0 Å². The Labute approximate surface area is 155 Å². The minimum Gasteiger partial charge on any atom is -0.351 e. The van der Waals surface area contributed by atoms with Gasteiger partial charge in [0.25, 0.3) is 5.91 Å². The highest BCUT2D eigenvalue weighted by Gasteiger charge is 2.30. The van der Waals surface area contributed by atoms with Gasteiger partial charge in [-0.2, -0.15) is 0 Å². The van der Waals surface area contributed by atoms with E-state index >= 15 is 0 Å². The van der Waals surface area contributed by atoms with Crippen molar-refractivity contribution in [3.63, 3.8) is 0 Å². The molecule has 3 rings (SSSR count). The molecule has 10 heteroatoms. The lowest BCUT2D eigenvalue weighted by Crippen LogP contribution is -2.46. The van der Waals surface area contributed by atoms with Gasteiger partial charge < -0.3 is 20.9 Å². The number of amides is 3. The van der Waals surface area contributed by atoms with Gasteiger partial charge in [0.05, 0.1) is 11.5 Å². The Kier molecular flexibility index (Phi) is 5.45. The van der Waals surface area contributed by atoms with E-state index in [1.807, 2.05) is 24.3 Å². The third-order valence-corrected chi connectivity index (χ3v) is 6.01. The summed E-state index contributed by atoms with van der Waals surface area (Å²) >= 11 is 0. The first-order chi connectivity index (χ1) is 12.8. The fraction of sp³-hybridized carbons (Fsp3) is 0.353. The summed E-state index contributed by atoms with van der Waals surface area (Å²) in [6.07, 6.45) is 0.307. The average Bonchev–Trinajstić information content (AvgIpc) is 3.21. The lowest BCUT2D eigenvalue weighted by atomic mass is 10.2. The molecule has 1 aromatic heterocycles. The minimum atomic E-state index is -3.13. The van der Waals surface area contributed by atoms with Gasteiger partial charge >= 0.3 is 11.8 Å². The van der Waals surface area contributed by atoms with E-state index in [2.05, 4.69) is 20.9 Å². The molecule has 3 amide bonds. The number of carbonyl (C=O) groups excluding carboxylic acids is 3. The Morgan fingerprint density at radius 3 is 2.52 bits per heavy atom. The first-order valence-electron chi connectivity index (χ1n) is 8.49. The smallest absolute Gasteiger partial charge is 0.309 e. The number of aromatic nitrogens is 1. The molecule has 0 saturated carbocycles. The van der Waals surface area contributed by atoms with Crippen molar-refractivity contribution < 1.29 is 22.8 Å². The lowest BCUT2D eigenvalue weighted by Gasteiger charge is -2.11. The fourth-order valence-corrected chi connectivity index (χ4v) is 4.56. The molecule has 1 atom stereocenters. The molecule has 2 aromatic rings. The van der Waals surface area contributed by atoms with E-state index in [-0.39, 0.29) is 30.5 Å². The maximum atomic E-state index is 12.1. The first-order valence-corrected chi connectivity index (χ1v) is 10.3. The highest BCUT2D eigenvalue weighted by Crippen LogP contribution is 2.14. The van der Waals surface area contributed by atoms with Crippen molar-refractivity contribution in [1.82, 2.24) is 20.9 Å². The van der Waals surface area contributed by atoms with Gasteiger partial charge in [0.2, 0.25) is 0 Å².